The van der Waals surface area contributed by atoms with Crippen molar-refractivity contribution in [3.63, 3.8) is 0 Å². The second-order valence-electron chi connectivity index (χ2n) is 11.8. The molecule has 1 atom stereocenters. The lowest BCUT2D eigenvalue weighted by Crippen LogP contribution is -2.55. The fourth-order valence-electron chi connectivity index (χ4n) is 6.00. The Bertz CT molecular complexity index is 1800. The first kappa shape index (κ1) is 35.3. The SMILES string of the molecule is COc1ccccc1N(CC(=O)N(Cc1ccc(Cl)c(Cl)c1)[C@H](Cc1ccccc1)C(=O)NC1CCCCC1)S(=O)(=O)c1ccccc1. The third kappa shape index (κ3) is 8.69. The first-order valence-electron chi connectivity index (χ1n) is 16.0. The molecule has 0 aliphatic heterocycles. The summed E-state index contributed by atoms with van der Waals surface area (Å²) in [5.74, 6) is -0.600. The number of methoxy groups -OCH3 is 1. The molecule has 0 radical (unpaired) electrons. The number of halogens is 2. The van der Waals surface area contributed by atoms with Crippen molar-refractivity contribution in [2.24, 2.45) is 0 Å². The van der Waals surface area contributed by atoms with Crippen LogP contribution in [-0.2, 0) is 32.6 Å². The average Bonchev–Trinajstić information content (AvgIpc) is 3.11. The Kier molecular flexibility index (Phi) is 12.0. The highest BCUT2D eigenvalue weighted by atomic mass is 35.5. The lowest BCUT2D eigenvalue weighted by atomic mass is 9.94. The van der Waals surface area contributed by atoms with Gasteiger partial charge in [-0.15, -0.1) is 0 Å². The van der Waals surface area contributed by atoms with Gasteiger partial charge in [0.2, 0.25) is 11.8 Å². The molecule has 4 aromatic carbocycles. The van der Waals surface area contributed by atoms with E-state index in [0.29, 0.717) is 15.6 Å². The number of carbonyl (C=O) groups excluding carboxylic acids is 2. The highest BCUT2D eigenvalue weighted by molar-refractivity contribution is 7.92. The molecule has 8 nitrogen and oxygen atoms in total. The first-order chi connectivity index (χ1) is 23.2. The molecule has 0 heterocycles. The summed E-state index contributed by atoms with van der Waals surface area (Å²) in [7, 11) is -2.82. The Morgan fingerprint density at radius 2 is 1.48 bits per heavy atom. The Hall–Kier alpha value is -4.05. The van der Waals surface area contributed by atoms with Crippen LogP contribution in [0.25, 0.3) is 0 Å². The number of rotatable bonds is 13. The van der Waals surface area contributed by atoms with Crippen molar-refractivity contribution in [3.8, 4) is 5.75 Å². The molecule has 1 fully saturated rings. The highest BCUT2D eigenvalue weighted by Crippen LogP contribution is 2.33. The second kappa shape index (κ2) is 16.4. The van der Waals surface area contributed by atoms with Gasteiger partial charge in [-0.3, -0.25) is 13.9 Å². The van der Waals surface area contributed by atoms with Crippen molar-refractivity contribution < 1.29 is 22.7 Å². The number of hydrogen-bond acceptors (Lipinski definition) is 5. The molecule has 0 spiro atoms. The van der Waals surface area contributed by atoms with Gasteiger partial charge < -0.3 is 15.0 Å². The molecule has 48 heavy (non-hydrogen) atoms. The van der Waals surface area contributed by atoms with E-state index in [1.807, 2.05) is 30.3 Å². The van der Waals surface area contributed by atoms with Gasteiger partial charge in [-0.25, -0.2) is 8.42 Å². The molecule has 4 aromatic rings. The van der Waals surface area contributed by atoms with E-state index in [0.717, 1.165) is 42.0 Å². The third-order valence-electron chi connectivity index (χ3n) is 8.52. The van der Waals surface area contributed by atoms with E-state index >= 15 is 0 Å². The molecule has 1 aliphatic carbocycles. The molecule has 0 aromatic heterocycles. The average molecular weight is 709 g/mol. The molecular weight excluding hydrogens is 669 g/mol. The second-order valence-corrected chi connectivity index (χ2v) is 14.5. The van der Waals surface area contributed by atoms with Crippen LogP contribution in [-0.4, -0.2) is 50.9 Å². The summed E-state index contributed by atoms with van der Waals surface area (Å²) in [5.41, 5.74) is 1.68. The first-order valence-corrected chi connectivity index (χ1v) is 18.2. The van der Waals surface area contributed by atoms with Gasteiger partial charge in [0, 0.05) is 19.0 Å². The molecular formula is C37H39Cl2N3O5S. The quantitative estimate of drug-likeness (QED) is 0.158. The van der Waals surface area contributed by atoms with Crippen LogP contribution in [0, 0.1) is 0 Å². The monoisotopic (exact) mass is 707 g/mol. The standard InChI is InChI=1S/C37H39Cl2N3O5S/c1-47-35-20-12-11-19-33(35)42(48(45,46)30-17-9-4-10-18-30)26-36(43)41(25-28-21-22-31(38)32(39)23-28)34(24-27-13-5-2-6-14-27)37(44)40-29-15-7-3-8-16-29/h2,4-6,9-14,17-23,29,34H,3,7-8,15-16,24-26H2,1H3,(H,40,44)/t34-/m1/s1. The van der Waals surface area contributed by atoms with E-state index in [4.69, 9.17) is 27.9 Å². The van der Waals surface area contributed by atoms with E-state index < -0.39 is 28.5 Å². The minimum absolute atomic E-state index is 0.00464. The lowest BCUT2D eigenvalue weighted by molar-refractivity contribution is -0.140. The molecule has 1 aliphatic rings. The highest BCUT2D eigenvalue weighted by Gasteiger charge is 2.36. The van der Waals surface area contributed by atoms with Crippen LogP contribution in [0.4, 0.5) is 5.69 Å². The zero-order valence-electron chi connectivity index (χ0n) is 26.7. The van der Waals surface area contributed by atoms with E-state index in [9.17, 15) is 18.0 Å². The summed E-state index contributed by atoms with van der Waals surface area (Å²) in [6, 6.07) is 28.1. The maximum Gasteiger partial charge on any atom is 0.264 e. The molecule has 2 amide bonds. The van der Waals surface area contributed by atoms with Gasteiger partial charge in [-0.05, 0) is 60.4 Å². The van der Waals surface area contributed by atoms with E-state index in [-0.39, 0.29) is 41.2 Å². The van der Waals surface area contributed by atoms with Crippen molar-refractivity contribution in [2.45, 2.75) is 62.0 Å². The molecule has 0 unspecified atom stereocenters. The zero-order valence-corrected chi connectivity index (χ0v) is 29.1. The molecule has 0 saturated heterocycles. The van der Waals surface area contributed by atoms with Gasteiger partial charge in [-0.1, -0.05) is 109 Å². The van der Waals surface area contributed by atoms with Crippen LogP contribution in [0.15, 0.2) is 108 Å². The number of nitrogens with one attached hydrogen (secondary N) is 1. The fourth-order valence-corrected chi connectivity index (χ4v) is 7.77. The summed E-state index contributed by atoms with van der Waals surface area (Å²) in [6.07, 6.45) is 5.10. The predicted octanol–water partition coefficient (Wildman–Crippen LogP) is 7.29. The third-order valence-corrected chi connectivity index (χ3v) is 11.0. The largest absolute Gasteiger partial charge is 0.495 e. The van der Waals surface area contributed by atoms with E-state index in [2.05, 4.69) is 5.32 Å². The van der Waals surface area contributed by atoms with Crippen LogP contribution in [0.5, 0.6) is 5.75 Å². The van der Waals surface area contributed by atoms with Crippen molar-refractivity contribution in [1.29, 1.82) is 0 Å². The number of ether oxygens (including phenoxy) is 1. The molecule has 0 bridgehead atoms. The normalized spacial score (nSPS) is 14.1. The predicted molar refractivity (Wildman–Crippen MR) is 190 cm³/mol. The maximum atomic E-state index is 14.7. The number of carbonyl (C=O) groups is 2. The summed E-state index contributed by atoms with van der Waals surface area (Å²) in [6.45, 7) is -0.614. The number of hydrogen-bond donors (Lipinski definition) is 1. The maximum absolute atomic E-state index is 14.7. The zero-order chi connectivity index (χ0) is 34.1. The van der Waals surface area contributed by atoms with Crippen molar-refractivity contribution in [3.05, 3.63) is 124 Å². The minimum atomic E-state index is -4.26. The molecule has 1 saturated carbocycles. The smallest absolute Gasteiger partial charge is 0.264 e. The Balaban J connectivity index is 1.59. The van der Waals surface area contributed by atoms with Crippen LogP contribution >= 0.6 is 23.2 Å². The summed E-state index contributed by atoms with van der Waals surface area (Å²) in [4.78, 5) is 30.4. The van der Waals surface area contributed by atoms with Crippen molar-refractivity contribution in [1.82, 2.24) is 10.2 Å². The number of amides is 2. The summed E-state index contributed by atoms with van der Waals surface area (Å²) >= 11 is 12.6. The van der Waals surface area contributed by atoms with Gasteiger partial charge in [-0.2, -0.15) is 0 Å². The lowest BCUT2D eigenvalue weighted by Gasteiger charge is -2.35. The van der Waals surface area contributed by atoms with Gasteiger partial charge in [0.05, 0.1) is 27.7 Å². The van der Waals surface area contributed by atoms with Gasteiger partial charge in [0.15, 0.2) is 0 Å². The van der Waals surface area contributed by atoms with E-state index in [1.165, 1.54) is 24.1 Å². The molecule has 11 heteroatoms. The number of sulfonamides is 1. The Morgan fingerprint density at radius 1 is 0.833 bits per heavy atom. The van der Waals surface area contributed by atoms with Gasteiger partial charge >= 0.3 is 0 Å². The number of anilines is 1. The molecule has 5 rings (SSSR count). The van der Waals surface area contributed by atoms with Crippen LogP contribution in [0.3, 0.4) is 0 Å². The summed E-state index contributed by atoms with van der Waals surface area (Å²) < 4.78 is 35.1. The Morgan fingerprint density at radius 3 is 2.15 bits per heavy atom. The van der Waals surface area contributed by atoms with Gasteiger partial charge in [0.1, 0.15) is 18.3 Å². The van der Waals surface area contributed by atoms with Crippen LogP contribution < -0.4 is 14.4 Å². The summed E-state index contributed by atoms with van der Waals surface area (Å²) in [5, 5.41) is 3.86. The van der Waals surface area contributed by atoms with Gasteiger partial charge in [0.25, 0.3) is 10.0 Å². The van der Waals surface area contributed by atoms with Crippen molar-refractivity contribution >= 4 is 50.7 Å². The molecule has 252 valence electrons. The van der Waals surface area contributed by atoms with Crippen LogP contribution in [0.1, 0.15) is 43.2 Å². The van der Waals surface area contributed by atoms with E-state index in [1.54, 1.807) is 60.7 Å². The topological polar surface area (TPSA) is 96.0 Å². The number of nitrogens with zero attached hydrogens (tertiary/aromatic N) is 2. The number of benzene rings is 4. The van der Waals surface area contributed by atoms with Crippen LogP contribution in [0.2, 0.25) is 10.0 Å². The Labute approximate surface area is 292 Å². The molecule has 1 N–H and O–H groups in total. The number of para-hydroxylation sites is 2. The minimum Gasteiger partial charge on any atom is -0.495 e. The van der Waals surface area contributed by atoms with Crippen molar-refractivity contribution in [2.75, 3.05) is 18.0 Å². The fraction of sp³-hybridized carbons (Fsp3) is 0.297.